The molecule has 2 N–H and O–H groups in total. The Balaban J connectivity index is 1.61. The topological polar surface area (TPSA) is 79.3 Å². The highest BCUT2D eigenvalue weighted by atomic mass is 32.2. The van der Waals surface area contributed by atoms with Gasteiger partial charge in [0.15, 0.2) is 5.78 Å². The average molecular weight is 536 g/mol. The number of carbonyl (C=O) groups is 1. The third-order valence-electron chi connectivity index (χ3n) is 7.67. The number of nitrogens with two attached hydrogens (primary N) is 1. The standard InChI is InChI=1S/C33H33N3O2S/c1-20-8-14-26(15-9-20)39-19-23-16-21(2)17-27(22(23)3)31-28(18-34)33(35)36(24-10-12-25(38-4)13-11-24)29-6-5-7-30(37)32(29)31/h8-17,31H,5-7,19,35H2,1-4H3. The van der Waals surface area contributed by atoms with Crippen molar-refractivity contribution in [2.45, 2.75) is 56.6 Å². The van der Waals surface area contributed by atoms with Crippen molar-refractivity contribution in [1.82, 2.24) is 0 Å². The van der Waals surface area contributed by atoms with E-state index in [0.717, 1.165) is 52.4 Å². The smallest absolute Gasteiger partial charge is 0.161 e. The van der Waals surface area contributed by atoms with Crippen LogP contribution in [0.25, 0.3) is 0 Å². The van der Waals surface area contributed by atoms with Crippen LogP contribution in [-0.4, -0.2) is 12.9 Å². The molecule has 6 heteroatoms. The Morgan fingerprint density at radius 2 is 1.74 bits per heavy atom. The van der Waals surface area contributed by atoms with E-state index < -0.39 is 5.92 Å². The van der Waals surface area contributed by atoms with E-state index in [0.29, 0.717) is 23.4 Å². The second-order valence-corrected chi connectivity index (χ2v) is 11.3. The summed E-state index contributed by atoms with van der Waals surface area (Å²) in [6.45, 7) is 6.27. The van der Waals surface area contributed by atoms with Crippen LogP contribution >= 0.6 is 11.8 Å². The van der Waals surface area contributed by atoms with Gasteiger partial charge in [-0.1, -0.05) is 35.4 Å². The molecule has 2 aliphatic rings. The third-order valence-corrected chi connectivity index (χ3v) is 8.73. The molecule has 0 fully saturated rings. The summed E-state index contributed by atoms with van der Waals surface area (Å²) in [6.07, 6.45) is 1.97. The minimum absolute atomic E-state index is 0.0940. The normalized spacial score (nSPS) is 17.3. The number of aryl methyl sites for hydroxylation is 2. The maximum absolute atomic E-state index is 13.6. The minimum atomic E-state index is -0.477. The first-order chi connectivity index (χ1) is 18.8. The molecule has 1 heterocycles. The molecule has 3 aromatic carbocycles. The van der Waals surface area contributed by atoms with Gasteiger partial charge in [0.2, 0.25) is 0 Å². The molecule has 5 nitrogen and oxygen atoms in total. The van der Waals surface area contributed by atoms with E-state index in [-0.39, 0.29) is 5.78 Å². The fourth-order valence-corrected chi connectivity index (χ4v) is 6.58. The minimum Gasteiger partial charge on any atom is -0.497 e. The number of ether oxygens (including phenoxy) is 1. The fraction of sp³-hybridized carbons (Fsp3) is 0.273. The summed E-state index contributed by atoms with van der Waals surface area (Å²) in [6, 6.07) is 22.9. The molecule has 0 bridgehead atoms. The van der Waals surface area contributed by atoms with Crippen LogP contribution in [0.3, 0.4) is 0 Å². The van der Waals surface area contributed by atoms with E-state index in [4.69, 9.17) is 10.5 Å². The zero-order chi connectivity index (χ0) is 27.7. The molecular weight excluding hydrogens is 502 g/mol. The van der Waals surface area contributed by atoms with Crippen molar-refractivity contribution in [3.05, 3.63) is 111 Å². The van der Waals surface area contributed by atoms with Crippen molar-refractivity contribution in [2.75, 3.05) is 12.0 Å². The monoisotopic (exact) mass is 535 g/mol. The molecule has 39 heavy (non-hydrogen) atoms. The first-order valence-corrected chi connectivity index (χ1v) is 14.2. The Kier molecular flexibility index (Phi) is 7.54. The molecular formula is C33H33N3O2S. The van der Waals surface area contributed by atoms with Crippen molar-refractivity contribution in [1.29, 1.82) is 5.26 Å². The van der Waals surface area contributed by atoms with Crippen LogP contribution in [0.2, 0.25) is 0 Å². The predicted molar refractivity (Wildman–Crippen MR) is 158 cm³/mol. The summed E-state index contributed by atoms with van der Waals surface area (Å²) < 4.78 is 5.33. The number of methoxy groups -OCH3 is 1. The number of ketones is 1. The van der Waals surface area contributed by atoms with Crippen LogP contribution in [-0.2, 0) is 10.5 Å². The van der Waals surface area contributed by atoms with Gasteiger partial charge in [-0.3, -0.25) is 9.69 Å². The summed E-state index contributed by atoms with van der Waals surface area (Å²) in [5.41, 5.74) is 15.3. The highest BCUT2D eigenvalue weighted by Crippen LogP contribution is 2.47. The molecule has 5 rings (SSSR count). The molecule has 1 aliphatic heterocycles. The lowest BCUT2D eigenvalue weighted by atomic mass is 9.73. The van der Waals surface area contributed by atoms with Crippen molar-refractivity contribution in [3.8, 4) is 11.8 Å². The number of nitrogens with zero attached hydrogens (tertiary/aromatic N) is 2. The van der Waals surface area contributed by atoms with Crippen molar-refractivity contribution >= 4 is 23.2 Å². The molecule has 1 unspecified atom stereocenters. The highest BCUT2D eigenvalue weighted by molar-refractivity contribution is 7.98. The molecule has 0 radical (unpaired) electrons. The third kappa shape index (κ3) is 5.07. The van der Waals surface area contributed by atoms with Gasteiger partial charge in [0.05, 0.1) is 24.7 Å². The number of carbonyl (C=O) groups excluding carboxylic acids is 1. The summed E-state index contributed by atoms with van der Waals surface area (Å²) in [4.78, 5) is 16.7. The molecule has 0 amide bonds. The molecule has 0 saturated carbocycles. The molecule has 198 valence electrons. The first-order valence-electron chi connectivity index (χ1n) is 13.2. The van der Waals surface area contributed by atoms with Crippen LogP contribution < -0.4 is 15.4 Å². The van der Waals surface area contributed by atoms with E-state index in [2.05, 4.69) is 63.2 Å². The van der Waals surface area contributed by atoms with Crippen molar-refractivity contribution < 1.29 is 9.53 Å². The molecule has 0 saturated heterocycles. The van der Waals surface area contributed by atoms with Gasteiger partial charge in [0, 0.05) is 34.0 Å². The van der Waals surface area contributed by atoms with Gasteiger partial charge in [-0.15, -0.1) is 11.8 Å². The van der Waals surface area contributed by atoms with E-state index in [1.165, 1.54) is 16.0 Å². The highest BCUT2D eigenvalue weighted by Gasteiger charge is 2.41. The van der Waals surface area contributed by atoms with Crippen molar-refractivity contribution in [2.24, 2.45) is 5.73 Å². The quantitative estimate of drug-likeness (QED) is 0.336. The fourth-order valence-electron chi connectivity index (χ4n) is 5.63. The summed E-state index contributed by atoms with van der Waals surface area (Å²) >= 11 is 1.79. The van der Waals surface area contributed by atoms with E-state index in [1.54, 1.807) is 18.9 Å². The summed E-state index contributed by atoms with van der Waals surface area (Å²) in [5.74, 6) is 1.54. The van der Waals surface area contributed by atoms with Gasteiger partial charge in [-0.05, 0) is 86.7 Å². The Hall–Kier alpha value is -3.95. The Labute approximate surface area is 235 Å². The first kappa shape index (κ1) is 26.6. The van der Waals surface area contributed by atoms with Gasteiger partial charge in [0.25, 0.3) is 0 Å². The Morgan fingerprint density at radius 3 is 2.41 bits per heavy atom. The maximum atomic E-state index is 13.6. The van der Waals surface area contributed by atoms with Crippen LogP contribution in [0, 0.1) is 32.1 Å². The molecule has 0 aromatic heterocycles. The Morgan fingerprint density at radius 1 is 1.03 bits per heavy atom. The van der Waals surface area contributed by atoms with Gasteiger partial charge in [-0.2, -0.15) is 5.26 Å². The van der Waals surface area contributed by atoms with E-state index in [1.807, 2.05) is 29.2 Å². The SMILES string of the molecule is COc1ccc(N2C(N)=C(C#N)C(c3cc(C)cc(CSc4ccc(C)cc4)c3C)C3=C2CCCC3=O)cc1. The summed E-state index contributed by atoms with van der Waals surface area (Å²) in [7, 11) is 1.63. The van der Waals surface area contributed by atoms with Gasteiger partial charge < -0.3 is 10.5 Å². The number of anilines is 1. The number of nitriles is 1. The van der Waals surface area contributed by atoms with E-state index in [9.17, 15) is 10.1 Å². The van der Waals surface area contributed by atoms with Crippen LogP contribution in [0.5, 0.6) is 5.75 Å². The zero-order valence-corrected chi connectivity index (χ0v) is 23.7. The largest absolute Gasteiger partial charge is 0.497 e. The number of benzene rings is 3. The second kappa shape index (κ2) is 11.0. The number of allylic oxidation sites excluding steroid dienone is 3. The molecule has 3 aromatic rings. The number of thioether (sulfide) groups is 1. The molecule has 1 aliphatic carbocycles. The molecule has 1 atom stereocenters. The predicted octanol–water partition coefficient (Wildman–Crippen LogP) is 7.22. The second-order valence-electron chi connectivity index (χ2n) is 10.3. The van der Waals surface area contributed by atoms with Gasteiger partial charge in [-0.25, -0.2) is 0 Å². The lowest BCUT2D eigenvalue weighted by molar-refractivity contribution is -0.116. The number of hydrogen-bond acceptors (Lipinski definition) is 6. The van der Waals surface area contributed by atoms with Gasteiger partial charge in [0.1, 0.15) is 11.6 Å². The van der Waals surface area contributed by atoms with Crippen LogP contribution in [0.1, 0.15) is 53.0 Å². The average Bonchev–Trinajstić information content (AvgIpc) is 2.94. The lowest BCUT2D eigenvalue weighted by Crippen LogP contribution is -2.39. The number of Topliss-reactive ketones (excluding diaryl/α,β-unsaturated/α-hetero) is 1. The molecule has 0 spiro atoms. The number of hydrogen-bond donors (Lipinski definition) is 1. The summed E-state index contributed by atoms with van der Waals surface area (Å²) in [5, 5.41) is 10.4. The lowest BCUT2D eigenvalue weighted by Gasteiger charge is -2.40. The Bertz CT molecular complexity index is 1530. The van der Waals surface area contributed by atoms with Crippen molar-refractivity contribution in [3.63, 3.8) is 0 Å². The zero-order valence-electron chi connectivity index (χ0n) is 22.9. The number of rotatable bonds is 6. The van der Waals surface area contributed by atoms with Gasteiger partial charge >= 0.3 is 0 Å². The maximum Gasteiger partial charge on any atom is 0.161 e. The van der Waals surface area contributed by atoms with Crippen LogP contribution in [0.4, 0.5) is 5.69 Å². The van der Waals surface area contributed by atoms with Crippen LogP contribution in [0.15, 0.2) is 88.2 Å². The van der Waals surface area contributed by atoms with E-state index >= 15 is 0 Å².